The summed E-state index contributed by atoms with van der Waals surface area (Å²) in [5, 5.41) is 16.1. The average Bonchev–Trinajstić information content (AvgIpc) is 2.89. The zero-order chi connectivity index (χ0) is 14.7. The number of thioether (sulfide) groups is 1. The number of aliphatic hydroxyl groups is 1. The lowest BCUT2D eigenvalue weighted by Crippen LogP contribution is -2.41. The molecule has 0 aliphatic rings. The fourth-order valence-corrected chi connectivity index (χ4v) is 2.55. The van der Waals surface area contributed by atoms with E-state index in [1.165, 1.54) is 28.8 Å². The lowest BCUT2D eigenvalue weighted by atomic mass is 10.2. The predicted molar refractivity (Wildman–Crippen MR) is 76.8 cm³/mol. The smallest absolute Gasteiger partial charge is 0.254 e. The summed E-state index contributed by atoms with van der Waals surface area (Å²) in [5.41, 5.74) is 1.13. The maximum Gasteiger partial charge on any atom is 0.254 e. The van der Waals surface area contributed by atoms with E-state index < -0.39 is 0 Å². The van der Waals surface area contributed by atoms with Crippen molar-refractivity contribution in [1.82, 2.24) is 24.9 Å². The number of fused-ring (bicyclic) bond motifs is 1. The van der Waals surface area contributed by atoms with Crippen LogP contribution in [-0.2, 0) is 0 Å². The summed E-state index contributed by atoms with van der Waals surface area (Å²) < 4.78 is 1.53. The molecule has 0 saturated carbocycles. The summed E-state index contributed by atoms with van der Waals surface area (Å²) in [6.07, 6.45) is 4.79. The van der Waals surface area contributed by atoms with E-state index in [-0.39, 0.29) is 23.8 Å². The van der Waals surface area contributed by atoms with Crippen molar-refractivity contribution in [1.29, 1.82) is 0 Å². The molecular weight excluding hydrogens is 278 g/mol. The topological polar surface area (TPSA) is 92.4 Å². The largest absolute Gasteiger partial charge is 0.395 e. The van der Waals surface area contributed by atoms with Gasteiger partial charge in [-0.3, -0.25) is 4.79 Å². The fraction of sp³-hybridized carbons (Fsp3) is 0.500. The molecule has 1 amide bonds. The molecular formula is C12H17N5O2S. The SMILES string of the molecule is CSC(CO)C(C)NC(=O)c1cnc2ncnn2c1C. The second kappa shape index (κ2) is 6.19. The third kappa shape index (κ3) is 2.75. The molecule has 0 aliphatic carbocycles. The van der Waals surface area contributed by atoms with E-state index in [1.54, 1.807) is 6.92 Å². The molecule has 0 fully saturated rings. The lowest BCUT2D eigenvalue weighted by Gasteiger charge is -2.21. The Balaban J connectivity index is 2.21. The molecule has 0 saturated heterocycles. The van der Waals surface area contributed by atoms with Crippen molar-refractivity contribution in [2.75, 3.05) is 12.9 Å². The number of amides is 1. The Morgan fingerprint density at radius 3 is 2.95 bits per heavy atom. The van der Waals surface area contributed by atoms with Crippen molar-refractivity contribution < 1.29 is 9.90 Å². The number of hydrogen-bond donors (Lipinski definition) is 2. The van der Waals surface area contributed by atoms with Gasteiger partial charge in [-0.05, 0) is 20.1 Å². The summed E-state index contributed by atoms with van der Waals surface area (Å²) in [6.45, 7) is 3.68. The van der Waals surface area contributed by atoms with Crippen molar-refractivity contribution in [2.24, 2.45) is 0 Å². The van der Waals surface area contributed by atoms with E-state index in [0.717, 1.165) is 0 Å². The molecule has 2 aromatic rings. The first kappa shape index (κ1) is 14.7. The van der Waals surface area contributed by atoms with Crippen LogP contribution in [0, 0.1) is 6.92 Å². The molecule has 2 aromatic heterocycles. The first-order chi connectivity index (χ1) is 9.58. The summed E-state index contributed by atoms with van der Waals surface area (Å²) in [4.78, 5) is 20.3. The third-order valence-corrected chi connectivity index (χ3v) is 4.35. The van der Waals surface area contributed by atoms with Gasteiger partial charge in [0.1, 0.15) is 6.33 Å². The molecule has 8 heteroatoms. The molecule has 0 aliphatic heterocycles. The predicted octanol–water partition coefficient (Wildman–Crippen LogP) is 0.275. The minimum atomic E-state index is -0.229. The second-order valence-electron chi connectivity index (χ2n) is 4.45. The monoisotopic (exact) mass is 295 g/mol. The van der Waals surface area contributed by atoms with Crippen molar-refractivity contribution in [3.63, 3.8) is 0 Å². The highest BCUT2D eigenvalue weighted by Crippen LogP contribution is 2.12. The Labute approximate surface area is 120 Å². The van der Waals surface area contributed by atoms with Crippen LogP contribution in [-0.4, -0.2) is 54.8 Å². The highest BCUT2D eigenvalue weighted by Gasteiger charge is 2.20. The van der Waals surface area contributed by atoms with Gasteiger partial charge in [-0.2, -0.15) is 21.8 Å². The number of carbonyl (C=O) groups is 1. The molecule has 108 valence electrons. The van der Waals surface area contributed by atoms with Crippen molar-refractivity contribution in [3.8, 4) is 0 Å². The van der Waals surface area contributed by atoms with Gasteiger partial charge in [-0.25, -0.2) is 9.50 Å². The number of carbonyl (C=O) groups excluding carboxylic acids is 1. The van der Waals surface area contributed by atoms with Crippen LogP contribution in [0.3, 0.4) is 0 Å². The summed E-state index contributed by atoms with van der Waals surface area (Å²) in [5.74, 6) is 0.233. The molecule has 2 atom stereocenters. The minimum Gasteiger partial charge on any atom is -0.395 e. The molecule has 20 heavy (non-hydrogen) atoms. The van der Waals surface area contributed by atoms with E-state index >= 15 is 0 Å². The fourth-order valence-electron chi connectivity index (χ4n) is 1.93. The van der Waals surface area contributed by atoms with E-state index in [4.69, 9.17) is 0 Å². The normalized spacial score (nSPS) is 14.2. The lowest BCUT2D eigenvalue weighted by molar-refractivity contribution is 0.0934. The van der Waals surface area contributed by atoms with Gasteiger partial charge in [-0.1, -0.05) is 0 Å². The highest BCUT2D eigenvalue weighted by molar-refractivity contribution is 7.99. The van der Waals surface area contributed by atoms with Crippen LogP contribution in [0.25, 0.3) is 5.78 Å². The summed E-state index contributed by atoms with van der Waals surface area (Å²) >= 11 is 1.52. The Hall–Kier alpha value is -1.67. The number of nitrogens with one attached hydrogen (secondary N) is 1. The number of aliphatic hydroxyl groups excluding tert-OH is 1. The third-order valence-electron chi connectivity index (χ3n) is 3.19. The van der Waals surface area contributed by atoms with Gasteiger partial charge < -0.3 is 10.4 Å². The molecule has 0 bridgehead atoms. The van der Waals surface area contributed by atoms with E-state index in [9.17, 15) is 9.90 Å². The number of hydrogen-bond acceptors (Lipinski definition) is 6. The van der Waals surface area contributed by atoms with Crippen molar-refractivity contribution in [2.45, 2.75) is 25.1 Å². The van der Waals surface area contributed by atoms with Crippen LogP contribution < -0.4 is 5.32 Å². The van der Waals surface area contributed by atoms with Gasteiger partial charge in [0.2, 0.25) is 0 Å². The zero-order valence-electron chi connectivity index (χ0n) is 11.6. The molecule has 0 spiro atoms. The van der Waals surface area contributed by atoms with Crippen LogP contribution in [0.4, 0.5) is 0 Å². The van der Waals surface area contributed by atoms with Crippen molar-refractivity contribution in [3.05, 3.63) is 23.8 Å². The Morgan fingerprint density at radius 2 is 2.30 bits per heavy atom. The number of aromatic nitrogens is 4. The number of aryl methyl sites for hydroxylation is 1. The van der Waals surface area contributed by atoms with Crippen LogP contribution in [0.15, 0.2) is 12.5 Å². The average molecular weight is 295 g/mol. The summed E-state index contributed by atoms with van der Waals surface area (Å²) in [6, 6.07) is -0.145. The van der Waals surface area contributed by atoms with Crippen LogP contribution >= 0.6 is 11.8 Å². The second-order valence-corrected chi connectivity index (χ2v) is 5.52. The highest BCUT2D eigenvalue weighted by atomic mass is 32.2. The molecule has 7 nitrogen and oxygen atoms in total. The Morgan fingerprint density at radius 1 is 1.55 bits per heavy atom. The zero-order valence-corrected chi connectivity index (χ0v) is 12.4. The Bertz CT molecular complexity index is 611. The van der Waals surface area contributed by atoms with Gasteiger partial charge >= 0.3 is 0 Å². The summed E-state index contributed by atoms with van der Waals surface area (Å²) in [7, 11) is 0. The van der Waals surface area contributed by atoms with Gasteiger partial charge in [0.25, 0.3) is 11.7 Å². The first-order valence-corrected chi connectivity index (χ1v) is 7.47. The number of nitrogens with zero attached hydrogens (tertiary/aromatic N) is 4. The van der Waals surface area contributed by atoms with Gasteiger partial charge in [0.15, 0.2) is 0 Å². The van der Waals surface area contributed by atoms with Crippen LogP contribution in [0.1, 0.15) is 23.0 Å². The quantitative estimate of drug-likeness (QED) is 0.823. The van der Waals surface area contributed by atoms with E-state index in [2.05, 4.69) is 20.4 Å². The molecule has 2 unspecified atom stereocenters. The maximum absolute atomic E-state index is 12.3. The Kier molecular flexibility index (Phi) is 4.56. The van der Waals surface area contributed by atoms with Gasteiger partial charge in [-0.15, -0.1) is 0 Å². The molecule has 2 rings (SSSR count). The number of rotatable bonds is 5. The maximum atomic E-state index is 12.3. The standard InChI is InChI=1S/C12H17N5O2S/c1-7(10(5-18)20-3)16-11(19)9-4-13-12-14-6-15-17(12)8(9)2/h4,6-7,10,18H,5H2,1-3H3,(H,16,19). The van der Waals surface area contributed by atoms with Crippen molar-refractivity contribution >= 4 is 23.4 Å². The van der Waals surface area contributed by atoms with Gasteiger partial charge in [0.05, 0.1) is 17.9 Å². The molecule has 2 N–H and O–H groups in total. The first-order valence-electron chi connectivity index (χ1n) is 6.18. The molecule has 0 radical (unpaired) electrons. The van der Waals surface area contributed by atoms with E-state index in [0.29, 0.717) is 17.0 Å². The van der Waals surface area contributed by atoms with Gasteiger partial charge in [0, 0.05) is 17.5 Å². The molecule has 2 heterocycles. The minimum absolute atomic E-state index is 0.0158. The van der Waals surface area contributed by atoms with E-state index in [1.807, 2.05) is 13.2 Å². The van der Waals surface area contributed by atoms with Crippen LogP contribution in [0.5, 0.6) is 0 Å². The molecule has 0 aromatic carbocycles. The van der Waals surface area contributed by atoms with Crippen LogP contribution in [0.2, 0.25) is 0 Å².